The zero-order valence-corrected chi connectivity index (χ0v) is 16.5. The number of ether oxygens (including phenoxy) is 2. The van der Waals surface area contributed by atoms with Gasteiger partial charge in [-0.05, 0) is 62.7 Å². The third-order valence-corrected chi connectivity index (χ3v) is 4.44. The summed E-state index contributed by atoms with van der Waals surface area (Å²) in [7, 11) is 1.63. The molecule has 0 aliphatic rings. The van der Waals surface area contributed by atoms with Crippen LogP contribution in [0.2, 0.25) is 0 Å². The maximum absolute atomic E-state index is 12.7. The van der Waals surface area contributed by atoms with Gasteiger partial charge < -0.3 is 14.8 Å². The smallest absolute Gasteiger partial charge is 0.257 e. The Morgan fingerprint density at radius 3 is 2.39 bits per heavy atom. The van der Waals surface area contributed by atoms with Crippen molar-refractivity contribution in [1.29, 1.82) is 0 Å². The minimum Gasteiger partial charge on any atom is -0.457 e. The van der Waals surface area contributed by atoms with Gasteiger partial charge in [0.15, 0.2) is 0 Å². The van der Waals surface area contributed by atoms with Gasteiger partial charge in [-0.3, -0.25) is 9.78 Å². The van der Waals surface area contributed by atoms with Crippen LogP contribution in [-0.4, -0.2) is 18.0 Å². The summed E-state index contributed by atoms with van der Waals surface area (Å²) in [6.07, 6.45) is -0.119. The van der Waals surface area contributed by atoms with Crippen molar-refractivity contribution in [2.24, 2.45) is 0 Å². The molecular formula is C23H24N2O3. The monoisotopic (exact) mass is 376 g/mol. The highest BCUT2D eigenvalue weighted by molar-refractivity contribution is 6.05. The Kier molecular flexibility index (Phi) is 6.06. The van der Waals surface area contributed by atoms with Gasteiger partial charge >= 0.3 is 0 Å². The number of aryl methyl sites for hydroxylation is 2. The third kappa shape index (κ3) is 4.75. The second-order valence-corrected chi connectivity index (χ2v) is 6.65. The molecule has 5 heteroatoms. The summed E-state index contributed by atoms with van der Waals surface area (Å²) in [5.74, 6) is 1.20. The summed E-state index contributed by atoms with van der Waals surface area (Å²) >= 11 is 0. The average molecular weight is 376 g/mol. The van der Waals surface area contributed by atoms with Crippen molar-refractivity contribution >= 4 is 11.6 Å². The third-order valence-electron chi connectivity index (χ3n) is 4.44. The van der Waals surface area contributed by atoms with E-state index in [9.17, 15) is 4.79 Å². The van der Waals surface area contributed by atoms with Crippen LogP contribution in [0.3, 0.4) is 0 Å². The summed E-state index contributed by atoms with van der Waals surface area (Å²) in [4.78, 5) is 17.2. The Bertz CT molecular complexity index is 985. The van der Waals surface area contributed by atoms with E-state index in [2.05, 4.69) is 10.3 Å². The van der Waals surface area contributed by atoms with Crippen molar-refractivity contribution in [1.82, 2.24) is 4.98 Å². The first-order valence-corrected chi connectivity index (χ1v) is 9.12. The molecule has 1 amide bonds. The number of carbonyl (C=O) groups is 1. The molecule has 144 valence electrons. The molecule has 3 aromatic rings. The molecule has 5 nitrogen and oxygen atoms in total. The summed E-state index contributed by atoms with van der Waals surface area (Å²) < 4.78 is 11.2. The summed E-state index contributed by atoms with van der Waals surface area (Å²) in [6.45, 7) is 5.75. The maximum Gasteiger partial charge on any atom is 0.257 e. The number of amides is 1. The van der Waals surface area contributed by atoms with Crippen LogP contribution in [0, 0.1) is 13.8 Å². The van der Waals surface area contributed by atoms with E-state index in [-0.39, 0.29) is 12.0 Å². The van der Waals surface area contributed by atoms with Crippen LogP contribution in [0.4, 0.5) is 5.69 Å². The number of aromatic nitrogens is 1. The van der Waals surface area contributed by atoms with Gasteiger partial charge in [0.1, 0.15) is 11.5 Å². The normalized spacial score (nSPS) is 11.7. The molecule has 0 spiro atoms. The molecule has 0 saturated carbocycles. The molecule has 1 aromatic heterocycles. The van der Waals surface area contributed by atoms with Crippen LogP contribution in [0.1, 0.15) is 40.3 Å². The second kappa shape index (κ2) is 8.67. The lowest BCUT2D eigenvalue weighted by atomic mass is 10.1. The van der Waals surface area contributed by atoms with Gasteiger partial charge in [0.05, 0.1) is 23.1 Å². The first kappa shape index (κ1) is 19.6. The highest BCUT2D eigenvalue weighted by Gasteiger charge is 2.14. The van der Waals surface area contributed by atoms with Crippen molar-refractivity contribution in [3.63, 3.8) is 0 Å². The van der Waals surface area contributed by atoms with E-state index in [4.69, 9.17) is 9.47 Å². The van der Waals surface area contributed by atoms with Gasteiger partial charge in [0.25, 0.3) is 5.91 Å². The summed E-state index contributed by atoms with van der Waals surface area (Å²) in [5.41, 5.74) is 3.76. The summed E-state index contributed by atoms with van der Waals surface area (Å²) in [5, 5.41) is 2.91. The molecule has 3 rings (SSSR count). The molecule has 28 heavy (non-hydrogen) atoms. The minimum absolute atomic E-state index is 0.119. The fourth-order valence-electron chi connectivity index (χ4n) is 2.82. The number of nitrogens with one attached hydrogen (secondary N) is 1. The topological polar surface area (TPSA) is 60.5 Å². The lowest BCUT2D eigenvalue weighted by Gasteiger charge is -2.13. The van der Waals surface area contributed by atoms with E-state index in [0.29, 0.717) is 22.7 Å². The van der Waals surface area contributed by atoms with Gasteiger partial charge in [-0.25, -0.2) is 0 Å². The lowest BCUT2D eigenvalue weighted by molar-refractivity contribution is 0.102. The second-order valence-electron chi connectivity index (χ2n) is 6.65. The van der Waals surface area contributed by atoms with Crippen molar-refractivity contribution in [2.75, 3.05) is 12.4 Å². The van der Waals surface area contributed by atoms with E-state index >= 15 is 0 Å². The quantitative estimate of drug-likeness (QED) is 0.621. The van der Waals surface area contributed by atoms with Crippen LogP contribution in [0.25, 0.3) is 0 Å². The zero-order chi connectivity index (χ0) is 20.1. The minimum atomic E-state index is -0.214. The van der Waals surface area contributed by atoms with Crippen molar-refractivity contribution in [2.45, 2.75) is 26.9 Å². The van der Waals surface area contributed by atoms with Crippen LogP contribution in [0.5, 0.6) is 11.5 Å². The average Bonchev–Trinajstić information content (AvgIpc) is 2.67. The van der Waals surface area contributed by atoms with Crippen LogP contribution in [0.15, 0.2) is 60.7 Å². The van der Waals surface area contributed by atoms with E-state index in [1.165, 1.54) is 0 Å². The molecule has 0 bridgehead atoms. The molecule has 1 unspecified atom stereocenters. The Balaban J connectivity index is 1.74. The molecule has 1 heterocycles. The number of anilines is 1. The molecule has 0 fully saturated rings. The van der Waals surface area contributed by atoms with Gasteiger partial charge in [0.2, 0.25) is 0 Å². The van der Waals surface area contributed by atoms with E-state index < -0.39 is 0 Å². The van der Waals surface area contributed by atoms with E-state index in [1.807, 2.05) is 69.3 Å². The predicted molar refractivity (Wildman–Crippen MR) is 110 cm³/mol. The van der Waals surface area contributed by atoms with Crippen molar-refractivity contribution in [3.8, 4) is 11.5 Å². The van der Waals surface area contributed by atoms with Crippen LogP contribution in [-0.2, 0) is 4.74 Å². The van der Waals surface area contributed by atoms with Crippen molar-refractivity contribution < 1.29 is 14.3 Å². The highest BCUT2D eigenvalue weighted by atomic mass is 16.5. The zero-order valence-electron chi connectivity index (χ0n) is 16.5. The molecule has 0 saturated heterocycles. The van der Waals surface area contributed by atoms with Gasteiger partial charge in [0, 0.05) is 18.9 Å². The predicted octanol–water partition coefficient (Wildman–Crippen LogP) is 5.45. The number of hydrogen-bond donors (Lipinski definition) is 1. The number of pyridine rings is 1. The maximum atomic E-state index is 12.7. The lowest BCUT2D eigenvalue weighted by Crippen LogP contribution is -2.15. The molecule has 0 aliphatic heterocycles. The van der Waals surface area contributed by atoms with Gasteiger partial charge in [-0.15, -0.1) is 0 Å². The molecule has 0 radical (unpaired) electrons. The molecule has 0 aliphatic carbocycles. The fourth-order valence-corrected chi connectivity index (χ4v) is 2.82. The Hall–Kier alpha value is -3.18. The SMILES string of the molecule is COC(C)c1ccc(C(=O)Nc2cccc(Oc3cccc(C)c3)c2)c(C)n1. The Morgan fingerprint density at radius 1 is 1.00 bits per heavy atom. The Morgan fingerprint density at radius 2 is 1.71 bits per heavy atom. The number of benzene rings is 2. The molecule has 1 N–H and O–H groups in total. The standard InChI is InChI=1S/C23H24N2O3/c1-15-7-5-9-19(13-15)28-20-10-6-8-18(14-20)25-23(26)21-11-12-22(17(3)27-4)24-16(21)2/h5-14,17H,1-4H3,(H,25,26). The number of nitrogens with zero attached hydrogens (tertiary/aromatic N) is 1. The molecule has 2 aromatic carbocycles. The largest absolute Gasteiger partial charge is 0.457 e. The van der Waals surface area contributed by atoms with Gasteiger partial charge in [-0.2, -0.15) is 0 Å². The first-order chi connectivity index (χ1) is 13.5. The fraction of sp³-hybridized carbons (Fsp3) is 0.217. The number of methoxy groups -OCH3 is 1. The van der Waals surface area contributed by atoms with Gasteiger partial charge in [-0.1, -0.05) is 18.2 Å². The van der Waals surface area contributed by atoms with Crippen LogP contribution < -0.4 is 10.1 Å². The Labute approximate surface area is 165 Å². The van der Waals surface area contributed by atoms with E-state index in [0.717, 1.165) is 17.0 Å². The summed E-state index contributed by atoms with van der Waals surface area (Å²) in [6, 6.07) is 18.7. The van der Waals surface area contributed by atoms with Crippen molar-refractivity contribution in [3.05, 3.63) is 83.2 Å². The first-order valence-electron chi connectivity index (χ1n) is 9.12. The number of hydrogen-bond acceptors (Lipinski definition) is 4. The number of rotatable bonds is 6. The van der Waals surface area contributed by atoms with E-state index in [1.54, 1.807) is 19.2 Å². The molecule has 1 atom stereocenters. The highest BCUT2D eigenvalue weighted by Crippen LogP contribution is 2.25. The van der Waals surface area contributed by atoms with Crippen LogP contribution >= 0.6 is 0 Å². The number of carbonyl (C=O) groups excluding carboxylic acids is 1. The molecular weight excluding hydrogens is 352 g/mol.